The number of hydrogen-bond acceptors (Lipinski definition) is 2. The zero-order valence-electron chi connectivity index (χ0n) is 12.7. The van der Waals surface area contributed by atoms with Gasteiger partial charge in [-0.05, 0) is 30.6 Å². The summed E-state index contributed by atoms with van der Waals surface area (Å²) in [6.07, 6.45) is 3.53. The van der Waals surface area contributed by atoms with Crippen LogP contribution in [0.3, 0.4) is 0 Å². The summed E-state index contributed by atoms with van der Waals surface area (Å²) in [5.74, 6) is 1.64. The van der Waals surface area contributed by atoms with Crippen molar-refractivity contribution in [2.75, 3.05) is 6.61 Å². The average Bonchev–Trinajstić information content (AvgIpc) is 2.23. The minimum absolute atomic E-state index is 0.319. The number of nitrogens with one attached hydrogen (secondary N) is 1. The maximum absolute atomic E-state index is 9.57. The van der Waals surface area contributed by atoms with Gasteiger partial charge in [0, 0.05) is 18.7 Å². The molecule has 2 nitrogen and oxygen atoms in total. The third kappa shape index (κ3) is 7.05. The fourth-order valence-corrected chi connectivity index (χ4v) is 2.63. The Morgan fingerprint density at radius 3 is 2.00 bits per heavy atom. The van der Waals surface area contributed by atoms with Gasteiger partial charge in [-0.3, -0.25) is 0 Å². The van der Waals surface area contributed by atoms with Gasteiger partial charge in [0.2, 0.25) is 0 Å². The normalized spacial score (nSPS) is 17.5. The van der Waals surface area contributed by atoms with Gasteiger partial charge in [-0.2, -0.15) is 0 Å². The summed E-state index contributed by atoms with van der Waals surface area (Å²) in [5.41, 5.74) is 0. The fourth-order valence-electron chi connectivity index (χ4n) is 2.63. The first-order chi connectivity index (χ1) is 7.92. The Kier molecular flexibility index (Phi) is 8.89. The van der Waals surface area contributed by atoms with Gasteiger partial charge in [-0.15, -0.1) is 0 Å². The topological polar surface area (TPSA) is 32.3 Å². The van der Waals surface area contributed by atoms with Crippen LogP contribution >= 0.6 is 0 Å². The molecule has 0 rings (SSSR count). The summed E-state index contributed by atoms with van der Waals surface area (Å²) in [6, 6.07) is 1.06. The highest BCUT2D eigenvalue weighted by molar-refractivity contribution is 4.80. The molecule has 0 aromatic heterocycles. The summed E-state index contributed by atoms with van der Waals surface area (Å²) in [5, 5.41) is 13.2. The Balaban J connectivity index is 4.47. The van der Waals surface area contributed by atoms with Crippen LogP contribution in [0.15, 0.2) is 0 Å². The van der Waals surface area contributed by atoms with E-state index < -0.39 is 0 Å². The average molecular weight is 243 g/mol. The minimum Gasteiger partial charge on any atom is -0.396 e. The Morgan fingerprint density at radius 1 is 1.06 bits per heavy atom. The molecule has 17 heavy (non-hydrogen) atoms. The zero-order chi connectivity index (χ0) is 13.4. The minimum atomic E-state index is 0.319. The smallest absolute Gasteiger partial charge is 0.0462 e. The summed E-state index contributed by atoms with van der Waals surface area (Å²) in [7, 11) is 0. The molecule has 2 heteroatoms. The van der Waals surface area contributed by atoms with Crippen molar-refractivity contribution >= 4 is 0 Å². The fraction of sp³-hybridized carbons (Fsp3) is 1.00. The van der Waals surface area contributed by atoms with Crippen molar-refractivity contribution in [3.63, 3.8) is 0 Å². The highest BCUT2D eigenvalue weighted by Gasteiger charge is 2.25. The lowest BCUT2D eigenvalue weighted by molar-refractivity contribution is 0.131. The monoisotopic (exact) mass is 243 g/mol. The molecule has 3 unspecified atom stereocenters. The lowest BCUT2D eigenvalue weighted by Gasteiger charge is -2.33. The van der Waals surface area contributed by atoms with Gasteiger partial charge in [-0.1, -0.05) is 48.0 Å². The largest absolute Gasteiger partial charge is 0.396 e. The van der Waals surface area contributed by atoms with Gasteiger partial charge in [0.25, 0.3) is 0 Å². The van der Waals surface area contributed by atoms with E-state index >= 15 is 0 Å². The van der Waals surface area contributed by atoms with Crippen LogP contribution in [-0.4, -0.2) is 23.8 Å². The van der Waals surface area contributed by atoms with E-state index in [1.807, 2.05) is 0 Å². The first-order valence-electron chi connectivity index (χ1n) is 7.29. The van der Waals surface area contributed by atoms with Crippen LogP contribution in [0.4, 0.5) is 0 Å². The van der Waals surface area contributed by atoms with Crippen LogP contribution in [0.2, 0.25) is 0 Å². The lowest BCUT2D eigenvalue weighted by Crippen LogP contribution is -2.43. The Hall–Kier alpha value is -0.0800. The predicted molar refractivity (Wildman–Crippen MR) is 76.2 cm³/mol. The molecule has 104 valence electrons. The molecular formula is C15H33NO. The van der Waals surface area contributed by atoms with Gasteiger partial charge in [0.05, 0.1) is 0 Å². The molecule has 0 radical (unpaired) electrons. The van der Waals surface area contributed by atoms with E-state index in [2.05, 4.69) is 46.9 Å². The molecule has 3 atom stereocenters. The van der Waals surface area contributed by atoms with Crippen molar-refractivity contribution in [3.05, 3.63) is 0 Å². The van der Waals surface area contributed by atoms with Crippen molar-refractivity contribution in [3.8, 4) is 0 Å². The van der Waals surface area contributed by atoms with Crippen molar-refractivity contribution < 1.29 is 5.11 Å². The molecule has 0 bridgehead atoms. The number of aliphatic hydroxyl groups is 1. The van der Waals surface area contributed by atoms with E-state index in [9.17, 15) is 5.11 Å². The Morgan fingerprint density at radius 2 is 1.65 bits per heavy atom. The second-order valence-electron chi connectivity index (χ2n) is 6.15. The molecule has 0 saturated heterocycles. The van der Waals surface area contributed by atoms with E-state index in [-0.39, 0.29) is 0 Å². The summed E-state index contributed by atoms with van der Waals surface area (Å²) >= 11 is 0. The first-order valence-corrected chi connectivity index (χ1v) is 7.29. The molecule has 0 saturated carbocycles. The van der Waals surface area contributed by atoms with E-state index in [0.717, 1.165) is 6.42 Å². The molecule has 0 aliphatic rings. The van der Waals surface area contributed by atoms with E-state index in [1.165, 1.54) is 12.8 Å². The number of aliphatic hydroxyl groups excluding tert-OH is 1. The molecule has 0 fully saturated rings. The highest BCUT2D eigenvalue weighted by Crippen LogP contribution is 2.25. The van der Waals surface area contributed by atoms with Gasteiger partial charge in [0.15, 0.2) is 0 Å². The zero-order valence-corrected chi connectivity index (χ0v) is 12.7. The highest BCUT2D eigenvalue weighted by atomic mass is 16.3. The third-order valence-electron chi connectivity index (χ3n) is 3.53. The van der Waals surface area contributed by atoms with Crippen molar-refractivity contribution in [1.82, 2.24) is 5.32 Å². The standard InChI is InChI=1S/C15H33NO/c1-7-8-15(16-12(4)5)13(6)14(10-17)9-11(2)3/h11-17H,7-10H2,1-6H3. The molecule has 0 heterocycles. The predicted octanol–water partition coefficient (Wildman–Crippen LogP) is 3.44. The van der Waals surface area contributed by atoms with Crippen molar-refractivity contribution in [2.45, 2.75) is 72.9 Å². The van der Waals surface area contributed by atoms with E-state index in [1.54, 1.807) is 0 Å². The number of hydrogen-bond donors (Lipinski definition) is 2. The third-order valence-corrected chi connectivity index (χ3v) is 3.53. The molecular weight excluding hydrogens is 210 g/mol. The van der Waals surface area contributed by atoms with Crippen LogP contribution in [0, 0.1) is 17.8 Å². The first kappa shape index (κ1) is 16.9. The van der Waals surface area contributed by atoms with Crippen LogP contribution in [0.5, 0.6) is 0 Å². The second kappa shape index (κ2) is 8.93. The molecule has 0 aliphatic heterocycles. The van der Waals surface area contributed by atoms with Gasteiger partial charge in [-0.25, -0.2) is 0 Å². The molecule has 0 aromatic rings. The maximum Gasteiger partial charge on any atom is 0.0462 e. The SMILES string of the molecule is CCCC(NC(C)C)C(C)C(CO)CC(C)C. The Labute approximate surface area is 108 Å². The van der Waals surface area contributed by atoms with Crippen LogP contribution in [0.1, 0.15) is 60.8 Å². The Bertz CT molecular complexity index is 180. The maximum atomic E-state index is 9.57. The number of rotatable bonds is 9. The summed E-state index contributed by atoms with van der Waals surface area (Å²) < 4.78 is 0. The molecule has 0 amide bonds. The van der Waals surface area contributed by atoms with Crippen molar-refractivity contribution in [2.24, 2.45) is 17.8 Å². The van der Waals surface area contributed by atoms with Gasteiger partial charge < -0.3 is 10.4 Å². The van der Waals surface area contributed by atoms with Gasteiger partial charge in [0.1, 0.15) is 0 Å². The van der Waals surface area contributed by atoms with E-state index in [0.29, 0.717) is 36.4 Å². The lowest BCUT2D eigenvalue weighted by atomic mass is 9.81. The van der Waals surface area contributed by atoms with Crippen LogP contribution in [-0.2, 0) is 0 Å². The summed E-state index contributed by atoms with van der Waals surface area (Å²) in [6.45, 7) is 13.7. The second-order valence-corrected chi connectivity index (χ2v) is 6.15. The van der Waals surface area contributed by atoms with Gasteiger partial charge >= 0.3 is 0 Å². The molecule has 0 aromatic carbocycles. The van der Waals surface area contributed by atoms with Crippen molar-refractivity contribution in [1.29, 1.82) is 0 Å². The molecule has 2 N–H and O–H groups in total. The molecule has 0 aliphatic carbocycles. The van der Waals surface area contributed by atoms with E-state index in [4.69, 9.17) is 0 Å². The quantitative estimate of drug-likeness (QED) is 0.650. The summed E-state index contributed by atoms with van der Waals surface area (Å²) in [4.78, 5) is 0. The molecule has 0 spiro atoms. The van der Waals surface area contributed by atoms with Crippen LogP contribution in [0.25, 0.3) is 0 Å². The van der Waals surface area contributed by atoms with Crippen LogP contribution < -0.4 is 5.32 Å².